The van der Waals surface area contributed by atoms with E-state index in [4.69, 9.17) is 0 Å². The normalized spacial score (nSPS) is 13.1. The van der Waals surface area contributed by atoms with Gasteiger partial charge in [0.1, 0.15) is 0 Å². The van der Waals surface area contributed by atoms with Crippen LogP contribution in [0.3, 0.4) is 0 Å². The van der Waals surface area contributed by atoms with Crippen LogP contribution in [0.5, 0.6) is 0 Å². The van der Waals surface area contributed by atoms with Crippen LogP contribution < -0.4 is 5.32 Å². The molecule has 0 aliphatic heterocycles. The number of allylic oxidation sites excluding steroid dienone is 6. The van der Waals surface area contributed by atoms with E-state index in [0.29, 0.717) is 0 Å². The molecule has 0 fully saturated rings. The molecule has 0 aromatic rings. The number of hydrogen-bond acceptors (Lipinski definition) is 1. The number of hydrogen-bond donors (Lipinski definition) is 1. The summed E-state index contributed by atoms with van der Waals surface area (Å²) in [4.78, 5) is 0. The Morgan fingerprint density at radius 3 is 2.23 bits per heavy atom. The molecule has 0 bridgehead atoms. The van der Waals surface area contributed by atoms with Crippen LogP contribution in [-0.4, -0.2) is 0 Å². The Hall–Kier alpha value is -1.50. The van der Waals surface area contributed by atoms with Gasteiger partial charge in [0.15, 0.2) is 0 Å². The molecule has 0 saturated carbocycles. The Morgan fingerprint density at radius 2 is 1.85 bits per heavy atom. The third-order valence-corrected chi connectivity index (χ3v) is 1.46. The summed E-state index contributed by atoms with van der Waals surface area (Å²) in [5.74, 6) is 0. The van der Waals surface area contributed by atoms with Crippen LogP contribution in [0.2, 0.25) is 0 Å². The maximum absolute atomic E-state index is 3.70. The minimum absolute atomic E-state index is 0.992. The second kappa shape index (κ2) is 7.17. The lowest BCUT2D eigenvalue weighted by Crippen LogP contribution is -2.08. The Morgan fingerprint density at radius 1 is 1.15 bits per heavy atom. The van der Waals surface area contributed by atoms with E-state index in [1.54, 1.807) is 12.2 Å². The van der Waals surface area contributed by atoms with Gasteiger partial charge in [-0.15, -0.1) is 0 Å². The molecule has 0 heterocycles. The zero-order valence-electron chi connectivity index (χ0n) is 8.38. The molecule has 1 N–H and O–H groups in total. The summed E-state index contributed by atoms with van der Waals surface area (Å²) in [6.45, 7) is 11.3. The average molecular weight is 175 g/mol. The second-order valence-corrected chi connectivity index (χ2v) is 2.43. The molecule has 0 aromatic carbocycles. The second-order valence-electron chi connectivity index (χ2n) is 2.43. The van der Waals surface area contributed by atoms with Crippen LogP contribution in [0.4, 0.5) is 0 Å². The molecule has 0 unspecified atom stereocenters. The summed E-state index contributed by atoms with van der Waals surface area (Å²) in [6, 6.07) is 0. The first-order chi connectivity index (χ1) is 6.28. The van der Waals surface area contributed by atoms with E-state index in [1.165, 1.54) is 0 Å². The monoisotopic (exact) mass is 175 g/mol. The first kappa shape index (κ1) is 11.5. The highest BCUT2D eigenvalue weighted by Crippen LogP contribution is 1.99. The zero-order chi connectivity index (χ0) is 10.1. The fourth-order valence-electron chi connectivity index (χ4n) is 0.853. The maximum Gasteiger partial charge on any atom is 0.0380 e. The molecule has 0 radical (unpaired) electrons. The minimum atomic E-state index is 0.992. The molecule has 13 heavy (non-hydrogen) atoms. The molecule has 0 aromatic heterocycles. The molecule has 0 aliphatic carbocycles. The lowest BCUT2D eigenvalue weighted by atomic mass is 10.3. The first-order valence-electron chi connectivity index (χ1n) is 4.29. The molecule has 0 saturated heterocycles. The quantitative estimate of drug-likeness (QED) is 0.632. The van der Waals surface area contributed by atoms with Crippen molar-refractivity contribution in [2.45, 2.75) is 13.8 Å². The van der Waals surface area contributed by atoms with Crippen molar-refractivity contribution in [2.75, 3.05) is 0 Å². The lowest BCUT2D eigenvalue weighted by Gasteiger charge is -2.06. The summed E-state index contributed by atoms with van der Waals surface area (Å²) in [7, 11) is 0. The lowest BCUT2D eigenvalue weighted by molar-refractivity contribution is 1.04. The van der Waals surface area contributed by atoms with Crippen molar-refractivity contribution in [1.29, 1.82) is 0 Å². The first-order valence-corrected chi connectivity index (χ1v) is 4.29. The highest BCUT2D eigenvalue weighted by molar-refractivity contribution is 5.28. The van der Waals surface area contributed by atoms with E-state index < -0.39 is 0 Å². The van der Waals surface area contributed by atoms with E-state index in [2.05, 4.69) is 18.5 Å². The largest absolute Gasteiger partial charge is 0.356 e. The number of rotatable bonds is 5. The van der Waals surface area contributed by atoms with E-state index in [0.717, 1.165) is 11.4 Å². The Labute approximate surface area is 80.9 Å². The summed E-state index contributed by atoms with van der Waals surface area (Å²) < 4.78 is 0. The molecular formula is C12H17N. The van der Waals surface area contributed by atoms with E-state index in [-0.39, 0.29) is 0 Å². The van der Waals surface area contributed by atoms with Crippen LogP contribution in [0.15, 0.2) is 61.0 Å². The molecule has 1 heteroatoms. The molecule has 1 nitrogen and oxygen atoms in total. The molecule has 0 aliphatic rings. The van der Waals surface area contributed by atoms with Gasteiger partial charge in [0.2, 0.25) is 0 Å². The molecular weight excluding hydrogens is 158 g/mol. The summed E-state index contributed by atoms with van der Waals surface area (Å²) in [6.07, 6.45) is 11.4. The standard InChI is InChI=1S/C12H17N/c1-5-9-12(10-6-2)13-11(7-3)8-4/h5-10,13H,1,3H2,2,4H3/b10-6-,11-8+,12-9+. The van der Waals surface area contributed by atoms with E-state index >= 15 is 0 Å². The summed E-state index contributed by atoms with van der Waals surface area (Å²) in [5.41, 5.74) is 2.00. The Kier molecular flexibility index (Phi) is 6.34. The molecule has 0 spiro atoms. The van der Waals surface area contributed by atoms with Gasteiger partial charge < -0.3 is 5.32 Å². The highest BCUT2D eigenvalue weighted by atomic mass is 14.9. The van der Waals surface area contributed by atoms with Gasteiger partial charge >= 0.3 is 0 Å². The van der Waals surface area contributed by atoms with E-state index in [1.807, 2.05) is 38.2 Å². The van der Waals surface area contributed by atoms with Crippen LogP contribution in [0.25, 0.3) is 0 Å². The average Bonchev–Trinajstić information content (AvgIpc) is 2.14. The fraction of sp³-hybridized carbons (Fsp3) is 0.167. The third kappa shape index (κ3) is 4.86. The van der Waals surface area contributed by atoms with Gasteiger partial charge in [0, 0.05) is 11.4 Å². The summed E-state index contributed by atoms with van der Waals surface area (Å²) >= 11 is 0. The highest BCUT2D eigenvalue weighted by Gasteiger charge is 1.90. The maximum atomic E-state index is 3.70. The van der Waals surface area contributed by atoms with Gasteiger partial charge in [-0.2, -0.15) is 0 Å². The van der Waals surface area contributed by atoms with Crippen LogP contribution in [0.1, 0.15) is 13.8 Å². The predicted molar refractivity (Wildman–Crippen MR) is 60.2 cm³/mol. The minimum Gasteiger partial charge on any atom is -0.356 e. The van der Waals surface area contributed by atoms with E-state index in [9.17, 15) is 0 Å². The van der Waals surface area contributed by atoms with Crippen LogP contribution in [0, 0.1) is 0 Å². The van der Waals surface area contributed by atoms with Crippen molar-refractivity contribution in [3.63, 3.8) is 0 Å². The SMILES string of the molecule is C=C/C=C(\C=C/C)N/C(C=C)=C/C. The molecule has 70 valence electrons. The molecule has 0 amide bonds. The Bertz CT molecular complexity index is 254. The van der Waals surface area contributed by atoms with Crippen LogP contribution in [-0.2, 0) is 0 Å². The fourth-order valence-corrected chi connectivity index (χ4v) is 0.853. The van der Waals surface area contributed by atoms with Gasteiger partial charge in [0.25, 0.3) is 0 Å². The van der Waals surface area contributed by atoms with Gasteiger partial charge in [0.05, 0.1) is 0 Å². The van der Waals surface area contributed by atoms with Crippen molar-refractivity contribution < 1.29 is 0 Å². The molecule has 0 rings (SSSR count). The topological polar surface area (TPSA) is 12.0 Å². The summed E-state index contributed by atoms with van der Waals surface area (Å²) in [5, 5.41) is 3.20. The zero-order valence-corrected chi connectivity index (χ0v) is 8.38. The van der Waals surface area contributed by atoms with Gasteiger partial charge in [-0.3, -0.25) is 0 Å². The van der Waals surface area contributed by atoms with Gasteiger partial charge in [-0.25, -0.2) is 0 Å². The van der Waals surface area contributed by atoms with Gasteiger partial charge in [-0.05, 0) is 32.1 Å². The third-order valence-electron chi connectivity index (χ3n) is 1.46. The smallest absolute Gasteiger partial charge is 0.0380 e. The van der Waals surface area contributed by atoms with Crippen molar-refractivity contribution in [1.82, 2.24) is 5.32 Å². The van der Waals surface area contributed by atoms with Crippen molar-refractivity contribution in [3.05, 3.63) is 61.0 Å². The molecule has 0 atom stereocenters. The van der Waals surface area contributed by atoms with Crippen molar-refractivity contribution in [2.24, 2.45) is 0 Å². The van der Waals surface area contributed by atoms with Crippen molar-refractivity contribution >= 4 is 0 Å². The Balaban J connectivity index is 4.51. The number of nitrogens with one attached hydrogen (secondary N) is 1. The predicted octanol–water partition coefficient (Wildman–Crippen LogP) is 3.31. The van der Waals surface area contributed by atoms with Crippen molar-refractivity contribution in [3.8, 4) is 0 Å². The van der Waals surface area contributed by atoms with Crippen LogP contribution >= 0.6 is 0 Å². The van der Waals surface area contributed by atoms with Gasteiger partial charge in [-0.1, -0.05) is 31.4 Å².